The third-order valence-electron chi connectivity index (χ3n) is 5.98. The van der Waals surface area contributed by atoms with Crippen LogP contribution in [0, 0.1) is 0 Å². The Kier molecular flexibility index (Phi) is 9.80. The van der Waals surface area contributed by atoms with Crippen molar-refractivity contribution in [1.82, 2.24) is 10.2 Å². The summed E-state index contributed by atoms with van der Waals surface area (Å²) in [7, 11) is 0. The van der Waals surface area contributed by atoms with E-state index < -0.39 is 29.9 Å². The van der Waals surface area contributed by atoms with Gasteiger partial charge in [0.1, 0.15) is 17.5 Å². The number of aliphatic hydroxyl groups is 1. The van der Waals surface area contributed by atoms with Crippen LogP contribution in [0.15, 0.2) is 48.5 Å². The third kappa shape index (κ3) is 8.97. The van der Waals surface area contributed by atoms with Crippen LogP contribution in [0.1, 0.15) is 63.6 Å². The summed E-state index contributed by atoms with van der Waals surface area (Å²) in [5, 5.41) is 11.9. The summed E-state index contributed by atoms with van der Waals surface area (Å²) >= 11 is 0. The van der Waals surface area contributed by atoms with Gasteiger partial charge in [-0.2, -0.15) is 0 Å². The Hall–Kier alpha value is -3.26. The van der Waals surface area contributed by atoms with Crippen molar-refractivity contribution < 1.29 is 28.9 Å². The molecule has 2 aromatic rings. The Morgan fingerprint density at radius 2 is 1.89 bits per heavy atom. The lowest BCUT2D eigenvalue weighted by atomic mass is 10.00. The van der Waals surface area contributed by atoms with Gasteiger partial charge in [0.25, 0.3) is 0 Å². The van der Waals surface area contributed by atoms with Crippen molar-refractivity contribution in [2.24, 2.45) is 0 Å². The highest BCUT2D eigenvalue weighted by Crippen LogP contribution is 2.23. The van der Waals surface area contributed by atoms with Crippen molar-refractivity contribution in [3.63, 3.8) is 0 Å². The van der Waals surface area contributed by atoms with E-state index in [4.69, 9.17) is 19.3 Å². The molecule has 1 fully saturated rings. The first-order valence-electron chi connectivity index (χ1n) is 12.9. The minimum absolute atomic E-state index is 0.0624. The van der Waals surface area contributed by atoms with E-state index in [2.05, 4.69) is 31.3 Å². The molecule has 1 aliphatic heterocycles. The topological polar surface area (TPSA) is 97.3 Å². The molecule has 1 saturated heterocycles. The Morgan fingerprint density at radius 3 is 2.59 bits per heavy atom. The average molecular weight is 513 g/mol. The van der Waals surface area contributed by atoms with Crippen LogP contribution >= 0.6 is 0 Å². The highest BCUT2D eigenvalue weighted by atomic mass is 16.6. The van der Waals surface area contributed by atoms with Gasteiger partial charge in [0, 0.05) is 19.6 Å². The summed E-state index contributed by atoms with van der Waals surface area (Å²) in [6, 6.07) is 15.3. The molecule has 2 atom stereocenters. The van der Waals surface area contributed by atoms with E-state index in [1.165, 1.54) is 5.56 Å². The number of carbonyl (C=O) groups excluding carboxylic acids is 2. The van der Waals surface area contributed by atoms with E-state index in [0.717, 1.165) is 11.1 Å². The van der Waals surface area contributed by atoms with Gasteiger partial charge in [0.05, 0.1) is 19.2 Å². The van der Waals surface area contributed by atoms with E-state index in [0.29, 0.717) is 44.2 Å². The summed E-state index contributed by atoms with van der Waals surface area (Å²) in [4.78, 5) is 27.1. The number of benzene rings is 2. The maximum Gasteiger partial charge on any atom is 0.410 e. The molecule has 0 aromatic heterocycles. The number of cyclic esters (lactones) is 1. The lowest BCUT2D eigenvalue weighted by Gasteiger charge is -2.26. The second-order valence-electron chi connectivity index (χ2n) is 10.7. The molecule has 1 heterocycles. The van der Waals surface area contributed by atoms with Crippen LogP contribution in [-0.4, -0.2) is 59.7 Å². The Labute approximate surface area is 219 Å². The van der Waals surface area contributed by atoms with Crippen LogP contribution in [0.25, 0.3) is 0 Å². The molecule has 0 bridgehead atoms. The van der Waals surface area contributed by atoms with Gasteiger partial charge in [-0.15, -0.1) is 0 Å². The highest BCUT2D eigenvalue weighted by molar-refractivity contribution is 5.71. The van der Waals surface area contributed by atoms with Crippen molar-refractivity contribution >= 4 is 12.2 Å². The van der Waals surface area contributed by atoms with Gasteiger partial charge in [0.15, 0.2) is 0 Å². The van der Waals surface area contributed by atoms with Crippen molar-refractivity contribution in [2.75, 3.05) is 19.8 Å². The molecule has 2 aromatic carbocycles. The summed E-state index contributed by atoms with van der Waals surface area (Å²) in [6.07, 6.45) is -0.553. The minimum atomic E-state index is -0.658. The standard InChI is InChI=1S/C29H40N2O6/c1-20(2)23-11-6-10-22(15-23)18-31-19-26(36-28(31)34)25(30-27(33)37-29(3,4)5)17-21-9-7-12-24(16-21)35-14-8-13-32/h6-7,9-12,15-16,20,25-26,32H,8,13-14,17-19H2,1-5H3,(H,30,33)/t25-,26?/m0/s1. The predicted molar refractivity (Wildman–Crippen MR) is 142 cm³/mol. The van der Waals surface area contributed by atoms with Gasteiger partial charge in [-0.25, -0.2) is 9.59 Å². The number of nitrogens with zero attached hydrogens (tertiary/aromatic N) is 1. The molecule has 0 spiro atoms. The first-order valence-corrected chi connectivity index (χ1v) is 12.9. The molecule has 8 nitrogen and oxygen atoms in total. The number of nitrogens with one attached hydrogen (secondary N) is 1. The molecule has 3 rings (SSSR count). The van der Waals surface area contributed by atoms with Crippen LogP contribution < -0.4 is 10.1 Å². The molecular formula is C29H40N2O6. The van der Waals surface area contributed by atoms with Gasteiger partial charge in [-0.3, -0.25) is 0 Å². The Bertz CT molecular complexity index is 1050. The number of rotatable bonds is 11. The zero-order valence-corrected chi connectivity index (χ0v) is 22.5. The van der Waals surface area contributed by atoms with Crippen LogP contribution in [0.3, 0.4) is 0 Å². The SMILES string of the molecule is CC(C)c1cccc(CN2CC([C@H](Cc3cccc(OCCCO)c3)NC(=O)OC(C)(C)C)OC2=O)c1. The fourth-order valence-corrected chi connectivity index (χ4v) is 4.15. The maximum atomic E-state index is 12.8. The minimum Gasteiger partial charge on any atom is -0.493 e. The number of ether oxygens (including phenoxy) is 3. The zero-order valence-electron chi connectivity index (χ0n) is 22.5. The Balaban J connectivity index is 1.74. The first kappa shape index (κ1) is 28.3. The lowest BCUT2D eigenvalue weighted by Crippen LogP contribution is -2.48. The van der Waals surface area contributed by atoms with Crippen molar-refractivity contribution in [2.45, 2.75) is 77.7 Å². The second-order valence-corrected chi connectivity index (χ2v) is 10.7. The van der Waals surface area contributed by atoms with Crippen molar-refractivity contribution in [3.05, 3.63) is 65.2 Å². The van der Waals surface area contributed by atoms with Gasteiger partial charge in [-0.05, 0) is 61.9 Å². The molecule has 2 N–H and O–H groups in total. The number of carbonyl (C=O) groups is 2. The average Bonchev–Trinajstić information content (AvgIpc) is 3.18. The largest absolute Gasteiger partial charge is 0.493 e. The normalized spacial score (nSPS) is 16.5. The molecule has 0 saturated carbocycles. The number of amides is 2. The number of hydrogen-bond donors (Lipinski definition) is 2. The van der Waals surface area contributed by atoms with Crippen LogP contribution in [0.2, 0.25) is 0 Å². The maximum absolute atomic E-state index is 12.8. The van der Waals surface area contributed by atoms with E-state index >= 15 is 0 Å². The van der Waals surface area contributed by atoms with Gasteiger partial charge < -0.3 is 29.5 Å². The molecule has 37 heavy (non-hydrogen) atoms. The summed E-state index contributed by atoms with van der Waals surface area (Å²) < 4.78 is 16.9. The van der Waals surface area contributed by atoms with E-state index in [9.17, 15) is 9.59 Å². The van der Waals surface area contributed by atoms with Crippen molar-refractivity contribution in [3.8, 4) is 5.75 Å². The second kappa shape index (κ2) is 12.8. The molecular weight excluding hydrogens is 472 g/mol. The van der Waals surface area contributed by atoms with Gasteiger partial charge in [0.2, 0.25) is 0 Å². The summed E-state index contributed by atoms with van der Waals surface area (Å²) in [5.74, 6) is 1.07. The zero-order chi connectivity index (χ0) is 27.0. The monoisotopic (exact) mass is 512 g/mol. The smallest absolute Gasteiger partial charge is 0.410 e. The number of hydrogen-bond acceptors (Lipinski definition) is 6. The fourth-order valence-electron chi connectivity index (χ4n) is 4.15. The van der Waals surface area contributed by atoms with E-state index in [-0.39, 0.29) is 6.61 Å². The molecule has 1 unspecified atom stereocenters. The van der Waals surface area contributed by atoms with Crippen LogP contribution in [0.5, 0.6) is 5.75 Å². The van der Waals surface area contributed by atoms with Crippen LogP contribution in [0.4, 0.5) is 9.59 Å². The molecule has 1 aliphatic rings. The number of aliphatic hydroxyl groups excluding tert-OH is 1. The molecule has 2 amide bonds. The van der Waals surface area contributed by atoms with Crippen LogP contribution in [-0.2, 0) is 22.4 Å². The summed E-state index contributed by atoms with van der Waals surface area (Å²) in [5.41, 5.74) is 2.51. The van der Waals surface area contributed by atoms with E-state index in [1.54, 1.807) is 25.7 Å². The Morgan fingerprint density at radius 1 is 1.16 bits per heavy atom. The summed E-state index contributed by atoms with van der Waals surface area (Å²) in [6.45, 7) is 10.9. The third-order valence-corrected chi connectivity index (χ3v) is 5.98. The predicted octanol–water partition coefficient (Wildman–Crippen LogP) is 5.03. The molecule has 0 aliphatic carbocycles. The highest BCUT2D eigenvalue weighted by Gasteiger charge is 2.38. The lowest BCUT2D eigenvalue weighted by molar-refractivity contribution is 0.0436. The quantitative estimate of drug-likeness (QED) is 0.410. The fraction of sp³-hybridized carbons (Fsp3) is 0.517. The van der Waals surface area contributed by atoms with Gasteiger partial charge >= 0.3 is 12.2 Å². The first-order chi connectivity index (χ1) is 17.5. The molecule has 0 radical (unpaired) electrons. The van der Waals surface area contributed by atoms with E-state index in [1.807, 2.05) is 36.4 Å². The van der Waals surface area contributed by atoms with Crippen molar-refractivity contribution in [1.29, 1.82) is 0 Å². The molecule has 8 heteroatoms. The molecule has 202 valence electrons. The van der Waals surface area contributed by atoms with Gasteiger partial charge in [-0.1, -0.05) is 50.2 Å². The number of alkyl carbamates (subject to hydrolysis) is 1.